The molecule has 0 aromatic carbocycles. The largest absolute Gasteiger partial charge is 0.463 e. The Labute approximate surface area is 124 Å². The summed E-state index contributed by atoms with van der Waals surface area (Å²) in [6, 6.07) is 5.65. The van der Waals surface area contributed by atoms with Gasteiger partial charge in [-0.2, -0.15) is 5.26 Å². The number of thioether (sulfide) groups is 1. The van der Waals surface area contributed by atoms with E-state index in [4.69, 9.17) is 4.42 Å². The highest BCUT2D eigenvalue weighted by molar-refractivity contribution is 7.98. The van der Waals surface area contributed by atoms with E-state index in [2.05, 4.69) is 26.0 Å². The van der Waals surface area contributed by atoms with Crippen LogP contribution in [0.2, 0.25) is 0 Å². The van der Waals surface area contributed by atoms with Crippen LogP contribution in [-0.2, 0) is 0 Å². The van der Waals surface area contributed by atoms with Crippen LogP contribution in [0.4, 0.5) is 0 Å². The number of hydrogen-bond acceptors (Lipinski definition) is 7. The molecule has 0 aliphatic rings. The number of nitrogens with zero attached hydrogens (tertiary/aromatic N) is 5. The summed E-state index contributed by atoms with van der Waals surface area (Å²) < 4.78 is 5.37. The van der Waals surface area contributed by atoms with Gasteiger partial charge in [0.25, 0.3) is 0 Å². The van der Waals surface area contributed by atoms with Crippen molar-refractivity contribution in [1.82, 2.24) is 19.9 Å². The van der Waals surface area contributed by atoms with Crippen LogP contribution in [-0.4, -0.2) is 26.2 Å². The van der Waals surface area contributed by atoms with Crippen LogP contribution in [0.25, 0.3) is 23.0 Å². The lowest BCUT2D eigenvalue weighted by atomic mass is 10.2. The number of aromatic nitrogens is 4. The molecule has 0 aliphatic heterocycles. The van der Waals surface area contributed by atoms with Crippen LogP contribution >= 0.6 is 11.8 Å². The van der Waals surface area contributed by atoms with Gasteiger partial charge in [0.15, 0.2) is 11.6 Å². The molecule has 0 saturated heterocycles. The van der Waals surface area contributed by atoms with Gasteiger partial charge in [0.05, 0.1) is 12.5 Å². The zero-order valence-corrected chi connectivity index (χ0v) is 11.8. The van der Waals surface area contributed by atoms with Gasteiger partial charge >= 0.3 is 0 Å². The van der Waals surface area contributed by atoms with E-state index in [-0.39, 0.29) is 0 Å². The minimum absolute atomic E-state index is 0.394. The monoisotopic (exact) mass is 295 g/mol. The molecule has 0 fully saturated rings. The highest BCUT2D eigenvalue weighted by atomic mass is 32.2. The Bertz CT molecular complexity index is 796. The van der Waals surface area contributed by atoms with Crippen LogP contribution in [0.1, 0.15) is 5.56 Å². The van der Waals surface area contributed by atoms with Gasteiger partial charge < -0.3 is 4.42 Å². The molecule has 0 spiro atoms. The zero-order valence-electron chi connectivity index (χ0n) is 11.0. The predicted molar refractivity (Wildman–Crippen MR) is 77.3 cm³/mol. The first-order chi connectivity index (χ1) is 10.3. The van der Waals surface area contributed by atoms with E-state index >= 15 is 0 Å². The van der Waals surface area contributed by atoms with E-state index in [1.807, 2.05) is 6.26 Å². The normalized spacial score (nSPS) is 10.3. The average molecular weight is 295 g/mol. The van der Waals surface area contributed by atoms with E-state index in [1.165, 1.54) is 11.8 Å². The van der Waals surface area contributed by atoms with Crippen LogP contribution < -0.4 is 0 Å². The Kier molecular flexibility index (Phi) is 3.62. The van der Waals surface area contributed by atoms with Crippen molar-refractivity contribution in [2.45, 2.75) is 5.03 Å². The predicted octanol–water partition coefficient (Wildman–Crippen LogP) is 2.79. The van der Waals surface area contributed by atoms with Crippen molar-refractivity contribution in [3.8, 4) is 29.0 Å². The first kappa shape index (κ1) is 13.3. The van der Waals surface area contributed by atoms with Crippen molar-refractivity contribution in [2.75, 3.05) is 6.26 Å². The molecule has 0 radical (unpaired) electrons. The summed E-state index contributed by atoms with van der Waals surface area (Å²) >= 11 is 1.38. The molecule has 0 N–H and O–H groups in total. The molecule has 102 valence electrons. The Morgan fingerprint density at radius 2 is 2.19 bits per heavy atom. The fourth-order valence-corrected chi connectivity index (χ4v) is 2.33. The second-order valence-corrected chi connectivity index (χ2v) is 4.75. The summed E-state index contributed by atoms with van der Waals surface area (Å²) in [6.07, 6.45) is 8.13. The van der Waals surface area contributed by atoms with Crippen molar-refractivity contribution >= 4 is 11.8 Å². The van der Waals surface area contributed by atoms with Crippen molar-refractivity contribution in [2.24, 2.45) is 0 Å². The third-order valence-corrected chi connectivity index (χ3v) is 3.41. The molecule has 3 aromatic rings. The summed E-state index contributed by atoms with van der Waals surface area (Å²) in [5.74, 6) is 0.937. The van der Waals surface area contributed by atoms with E-state index in [9.17, 15) is 5.26 Å². The minimum Gasteiger partial charge on any atom is -0.463 e. The van der Waals surface area contributed by atoms with Crippen molar-refractivity contribution in [1.29, 1.82) is 5.26 Å². The maximum Gasteiger partial charge on any atom is 0.181 e. The molecular weight excluding hydrogens is 286 g/mol. The van der Waals surface area contributed by atoms with Crippen LogP contribution in [0.15, 0.2) is 46.4 Å². The van der Waals surface area contributed by atoms with Gasteiger partial charge in [-0.1, -0.05) is 0 Å². The summed E-state index contributed by atoms with van der Waals surface area (Å²) in [4.78, 5) is 17.0. The molecule has 0 unspecified atom stereocenters. The lowest BCUT2D eigenvalue weighted by Gasteiger charge is -2.07. The average Bonchev–Trinajstić information content (AvgIpc) is 3.08. The van der Waals surface area contributed by atoms with Gasteiger partial charge in [-0.15, -0.1) is 11.8 Å². The van der Waals surface area contributed by atoms with Gasteiger partial charge in [0, 0.05) is 12.4 Å². The summed E-state index contributed by atoms with van der Waals surface area (Å²) in [7, 11) is 0. The second kappa shape index (κ2) is 5.73. The maximum atomic E-state index is 9.38. The minimum atomic E-state index is 0.394. The highest BCUT2D eigenvalue weighted by Gasteiger charge is 2.18. The van der Waals surface area contributed by atoms with E-state index in [0.29, 0.717) is 33.6 Å². The molecule has 0 bridgehead atoms. The number of rotatable bonds is 3. The van der Waals surface area contributed by atoms with Crippen LogP contribution in [0.3, 0.4) is 0 Å². The molecule has 3 heterocycles. The Morgan fingerprint density at radius 1 is 1.29 bits per heavy atom. The highest BCUT2D eigenvalue weighted by Crippen LogP contribution is 2.30. The Hall–Kier alpha value is -2.72. The van der Waals surface area contributed by atoms with Crippen LogP contribution in [0.5, 0.6) is 0 Å². The molecule has 6 nitrogen and oxygen atoms in total. The van der Waals surface area contributed by atoms with Gasteiger partial charge in [-0.3, -0.25) is 4.98 Å². The fraction of sp³-hybridized carbons (Fsp3) is 0.0714. The summed E-state index contributed by atoms with van der Waals surface area (Å²) in [6.45, 7) is 0. The molecule has 0 aliphatic carbocycles. The Morgan fingerprint density at radius 3 is 2.81 bits per heavy atom. The molecular formula is C14H9N5OS. The first-order valence-electron chi connectivity index (χ1n) is 6.00. The molecule has 21 heavy (non-hydrogen) atoms. The molecule has 0 saturated carbocycles. The summed E-state index contributed by atoms with van der Waals surface area (Å²) in [5, 5.41) is 9.96. The molecule has 0 atom stereocenters. The molecule has 0 amide bonds. The lowest BCUT2D eigenvalue weighted by Crippen LogP contribution is -2.00. The van der Waals surface area contributed by atoms with Gasteiger partial charge in [0.2, 0.25) is 0 Å². The molecule has 3 aromatic heterocycles. The standard InChI is InChI=1S/C14H9N5OS/c1-21-14-9(7-15)12(11-3-2-6-20-11)18-13(19-14)10-8-16-4-5-17-10/h2-6,8H,1H3. The van der Waals surface area contributed by atoms with Gasteiger partial charge in [-0.05, 0) is 18.4 Å². The quantitative estimate of drug-likeness (QED) is 0.542. The maximum absolute atomic E-state index is 9.38. The topological polar surface area (TPSA) is 88.5 Å². The number of furan rings is 1. The van der Waals surface area contributed by atoms with E-state index in [0.717, 1.165) is 0 Å². The third-order valence-electron chi connectivity index (χ3n) is 2.73. The van der Waals surface area contributed by atoms with Crippen molar-refractivity contribution in [3.05, 3.63) is 42.5 Å². The first-order valence-corrected chi connectivity index (χ1v) is 7.22. The zero-order chi connectivity index (χ0) is 14.7. The second-order valence-electron chi connectivity index (χ2n) is 3.96. The smallest absolute Gasteiger partial charge is 0.181 e. The van der Waals surface area contributed by atoms with Crippen LogP contribution in [0, 0.1) is 11.3 Å². The number of hydrogen-bond donors (Lipinski definition) is 0. The van der Waals surface area contributed by atoms with E-state index in [1.54, 1.807) is 37.0 Å². The van der Waals surface area contributed by atoms with Crippen molar-refractivity contribution in [3.63, 3.8) is 0 Å². The Balaban J connectivity index is 2.26. The van der Waals surface area contributed by atoms with Gasteiger partial charge in [0.1, 0.15) is 28.0 Å². The number of nitriles is 1. The van der Waals surface area contributed by atoms with Crippen molar-refractivity contribution < 1.29 is 4.42 Å². The molecule has 3 rings (SSSR count). The fourth-order valence-electron chi connectivity index (χ4n) is 1.81. The lowest BCUT2D eigenvalue weighted by molar-refractivity contribution is 0.579. The van der Waals surface area contributed by atoms with E-state index < -0.39 is 0 Å². The van der Waals surface area contributed by atoms with Gasteiger partial charge in [-0.25, -0.2) is 15.0 Å². The summed E-state index contributed by atoms with van der Waals surface area (Å²) in [5.41, 5.74) is 1.40. The SMILES string of the molecule is CSc1nc(-c2cnccn2)nc(-c2ccco2)c1C#N. The third kappa shape index (κ3) is 2.49. The molecule has 7 heteroatoms.